The van der Waals surface area contributed by atoms with Crippen LogP contribution < -0.4 is 0 Å². The molecule has 0 N–H and O–H groups in total. The fourth-order valence-electron chi connectivity index (χ4n) is 0.524. The maximum Gasteiger partial charge on any atom is 0.197 e. The lowest BCUT2D eigenvalue weighted by Crippen LogP contribution is -2.01. The highest BCUT2D eigenvalue weighted by atomic mass is 35.5. The zero-order chi connectivity index (χ0) is 7.11. The molecule has 0 saturated carbocycles. The third kappa shape index (κ3) is 8.76. The van der Waals surface area contributed by atoms with Gasteiger partial charge >= 0.3 is 0 Å². The second-order valence-corrected chi connectivity index (χ2v) is 4.30. The Kier molecular flexibility index (Phi) is 7.45. The van der Waals surface area contributed by atoms with E-state index in [1.54, 1.807) is 0 Å². The zero-order valence-corrected chi connectivity index (χ0v) is 8.50. The number of unbranched alkanes of at least 4 members (excludes halogenated alkanes) is 1. The Morgan fingerprint density at radius 1 is 1.56 bits per heavy atom. The lowest BCUT2D eigenvalue weighted by atomic mass is 10.4. The molecule has 0 bridgehead atoms. The summed E-state index contributed by atoms with van der Waals surface area (Å²) < 4.78 is 5.01. The van der Waals surface area contributed by atoms with Crippen molar-refractivity contribution in [3.63, 3.8) is 0 Å². The average Bonchev–Trinajstić information content (AvgIpc) is 1.80. The molecule has 9 heavy (non-hydrogen) atoms. The van der Waals surface area contributed by atoms with Crippen LogP contribution in [-0.4, -0.2) is 14.8 Å². The van der Waals surface area contributed by atoms with Crippen molar-refractivity contribution in [3.05, 3.63) is 0 Å². The topological polar surface area (TPSA) is 9.23 Å². The number of halogens is 2. The second-order valence-electron chi connectivity index (χ2n) is 1.84. The van der Waals surface area contributed by atoms with E-state index in [-0.39, 0.29) is 0 Å². The molecule has 0 atom stereocenters. The molecule has 0 amide bonds. The van der Waals surface area contributed by atoms with Crippen LogP contribution in [0.15, 0.2) is 0 Å². The van der Waals surface area contributed by atoms with Gasteiger partial charge in [-0.05, 0) is 6.04 Å². The molecule has 0 unspecified atom stereocenters. The molecule has 1 nitrogen and oxygen atoms in total. The van der Waals surface area contributed by atoms with Crippen molar-refractivity contribution < 1.29 is 4.43 Å². The van der Waals surface area contributed by atoms with Crippen molar-refractivity contribution in [3.8, 4) is 0 Å². The molecule has 0 spiro atoms. The van der Waals surface area contributed by atoms with Gasteiger partial charge in [0, 0.05) is 0 Å². The summed E-state index contributed by atoms with van der Waals surface area (Å²) in [4.78, 5) is 0. The maximum absolute atomic E-state index is 5.33. The van der Waals surface area contributed by atoms with Crippen LogP contribution in [0.5, 0.6) is 0 Å². The van der Waals surface area contributed by atoms with Crippen molar-refractivity contribution in [1.82, 2.24) is 0 Å². The Labute approximate surface area is 68.6 Å². The monoisotopic (exact) mass is 186 g/mol. The van der Waals surface area contributed by atoms with E-state index in [1.807, 2.05) is 0 Å². The standard InChI is InChI=1S/C5H12Cl2OSi/c1-2-3-4-9-8-5(6)7/h5H,2-4,9H2,1H3. The summed E-state index contributed by atoms with van der Waals surface area (Å²) in [7, 11) is -0.411. The van der Waals surface area contributed by atoms with Crippen LogP contribution in [0.3, 0.4) is 0 Å². The first-order valence-corrected chi connectivity index (χ1v) is 5.62. The predicted octanol–water partition coefficient (Wildman–Crippen LogP) is 2.07. The Morgan fingerprint density at radius 3 is 2.67 bits per heavy atom. The van der Waals surface area contributed by atoms with Crippen molar-refractivity contribution in [2.24, 2.45) is 0 Å². The molecule has 56 valence electrons. The van der Waals surface area contributed by atoms with Crippen LogP contribution >= 0.6 is 23.2 Å². The summed E-state index contributed by atoms with van der Waals surface area (Å²) in [6.07, 6.45) is 2.47. The van der Waals surface area contributed by atoms with E-state index in [1.165, 1.54) is 18.9 Å². The molecule has 0 saturated heterocycles. The lowest BCUT2D eigenvalue weighted by molar-refractivity contribution is 0.374. The summed E-state index contributed by atoms with van der Waals surface area (Å²) in [6.45, 7) is 2.16. The van der Waals surface area contributed by atoms with Gasteiger partial charge in [-0.2, -0.15) is 0 Å². The van der Waals surface area contributed by atoms with Gasteiger partial charge in [-0.3, -0.25) is 0 Å². The molecule has 0 fully saturated rings. The molecule has 0 heterocycles. The smallest absolute Gasteiger partial charge is 0.197 e. The molecule has 0 aliphatic carbocycles. The normalized spacial score (nSPS) is 12.0. The summed E-state index contributed by atoms with van der Waals surface area (Å²) in [6, 6.07) is 1.19. The molecule has 0 aromatic heterocycles. The first kappa shape index (κ1) is 9.76. The third-order valence-electron chi connectivity index (χ3n) is 0.992. The van der Waals surface area contributed by atoms with Gasteiger partial charge in [-0.25, -0.2) is 0 Å². The van der Waals surface area contributed by atoms with E-state index in [2.05, 4.69) is 6.92 Å². The van der Waals surface area contributed by atoms with Gasteiger partial charge in [0.25, 0.3) is 0 Å². The van der Waals surface area contributed by atoms with Crippen LogP contribution in [0.25, 0.3) is 0 Å². The van der Waals surface area contributed by atoms with Gasteiger partial charge in [0.2, 0.25) is 0 Å². The van der Waals surface area contributed by atoms with Gasteiger partial charge in [0.05, 0.1) is 0 Å². The van der Waals surface area contributed by atoms with Crippen LogP contribution in [0.4, 0.5) is 0 Å². The molecular weight excluding hydrogens is 175 g/mol. The van der Waals surface area contributed by atoms with Gasteiger partial charge in [-0.15, -0.1) is 0 Å². The van der Waals surface area contributed by atoms with Crippen LogP contribution in [0, 0.1) is 0 Å². The van der Waals surface area contributed by atoms with E-state index in [0.29, 0.717) is 0 Å². The second kappa shape index (κ2) is 6.87. The first-order chi connectivity index (χ1) is 4.27. The fourth-order valence-corrected chi connectivity index (χ4v) is 2.11. The molecule has 0 aliphatic rings. The highest BCUT2D eigenvalue weighted by molar-refractivity contribution is 6.45. The highest BCUT2D eigenvalue weighted by Gasteiger charge is 1.95. The Bertz CT molecular complexity index is 60.9. The van der Waals surface area contributed by atoms with Gasteiger partial charge in [-0.1, -0.05) is 43.0 Å². The number of hydrogen-bond donors (Lipinski definition) is 0. The number of rotatable bonds is 5. The van der Waals surface area contributed by atoms with Crippen LogP contribution in [0.1, 0.15) is 19.8 Å². The quantitative estimate of drug-likeness (QED) is 0.363. The van der Waals surface area contributed by atoms with E-state index in [0.717, 1.165) is 0 Å². The SMILES string of the molecule is CCCC[SiH2]OC(Cl)Cl. The molecule has 0 aromatic rings. The molecule has 0 aliphatic heterocycles. The van der Waals surface area contributed by atoms with Crippen molar-refractivity contribution >= 4 is 33.0 Å². The predicted molar refractivity (Wildman–Crippen MR) is 44.8 cm³/mol. The maximum atomic E-state index is 5.33. The zero-order valence-electron chi connectivity index (χ0n) is 5.57. The lowest BCUT2D eigenvalue weighted by Gasteiger charge is -2.01. The minimum Gasteiger partial charge on any atom is -0.397 e. The van der Waals surface area contributed by atoms with Crippen LogP contribution in [0.2, 0.25) is 6.04 Å². The number of hydrogen-bond acceptors (Lipinski definition) is 1. The molecule has 0 rings (SSSR count). The van der Waals surface area contributed by atoms with E-state index >= 15 is 0 Å². The Hall–Kier alpha value is 0.757. The molecule has 0 aromatic carbocycles. The van der Waals surface area contributed by atoms with Crippen molar-refractivity contribution in [2.45, 2.75) is 30.8 Å². The van der Waals surface area contributed by atoms with E-state index in [9.17, 15) is 0 Å². The van der Waals surface area contributed by atoms with Crippen LogP contribution in [-0.2, 0) is 4.43 Å². The fraction of sp³-hybridized carbons (Fsp3) is 1.00. The average molecular weight is 187 g/mol. The van der Waals surface area contributed by atoms with E-state index in [4.69, 9.17) is 27.6 Å². The summed E-state index contributed by atoms with van der Waals surface area (Å²) in [5.74, 6) is 0. The minimum atomic E-state index is -0.589. The van der Waals surface area contributed by atoms with Gasteiger partial charge in [0.1, 0.15) is 0 Å². The molecule has 4 heteroatoms. The Balaban J connectivity index is 2.75. The summed E-state index contributed by atoms with van der Waals surface area (Å²) in [5, 5.41) is -0.589. The molecule has 0 radical (unpaired) electrons. The van der Waals surface area contributed by atoms with E-state index < -0.39 is 14.8 Å². The Morgan fingerprint density at radius 2 is 2.22 bits per heavy atom. The van der Waals surface area contributed by atoms with Crippen molar-refractivity contribution in [1.29, 1.82) is 0 Å². The molecular formula is C5H12Cl2OSi. The third-order valence-corrected chi connectivity index (χ3v) is 3.02. The van der Waals surface area contributed by atoms with Gasteiger partial charge < -0.3 is 4.43 Å². The first-order valence-electron chi connectivity index (χ1n) is 3.17. The number of alkyl halides is 2. The van der Waals surface area contributed by atoms with Gasteiger partial charge in [0.15, 0.2) is 14.8 Å². The highest BCUT2D eigenvalue weighted by Crippen LogP contribution is 2.03. The summed E-state index contributed by atoms with van der Waals surface area (Å²) in [5.41, 5.74) is 0. The summed E-state index contributed by atoms with van der Waals surface area (Å²) >= 11 is 10.7. The minimum absolute atomic E-state index is 0.411. The largest absolute Gasteiger partial charge is 0.397 e. The van der Waals surface area contributed by atoms with Crippen molar-refractivity contribution in [2.75, 3.05) is 0 Å².